The minimum absolute atomic E-state index is 0.105. The molecule has 5 N–H and O–H groups in total. The van der Waals surface area contributed by atoms with Crippen molar-refractivity contribution in [3.05, 3.63) is 16.0 Å². The standard InChI is InChI=1S/C13H19N3O2S/c14-7-3-6-10(17)16-13-11(12(15)18)8-4-1-2-5-9(8)19-13/h1-7,14H2,(H2,15,18)(H,16,17). The third kappa shape index (κ3) is 3.13. The lowest BCUT2D eigenvalue weighted by molar-refractivity contribution is -0.116. The van der Waals surface area contributed by atoms with Crippen LogP contribution in [0.1, 0.15) is 46.5 Å². The average molecular weight is 281 g/mol. The maximum Gasteiger partial charge on any atom is 0.251 e. The van der Waals surface area contributed by atoms with Crippen molar-refractivity contribution >= 4 is 28.2 Å². The lowest BCUT2D eigenvalue weighted by Crippen LogP contribution is -2.18. The number of anilines is 1. The summed E-state index contributed by atoms with van der Waals surface area (Å²) in [5, 5.41) is 3.42. The molecule has 1 aromatic heterocycles. The predicted octanol–water partition coefficient (Wildman–Crippen LogP) is 1.40. The van der Waals surface area contributed by atoms with Gasteiger partial charge in [0.2, 0.25) is 5.91 Å². The van der Waals surface area contributed by atoms with E-state index in [1.807, 2.05) is 0 Å². The zero-order valence-electron chi connectivity index (χ0n) is 10.8. The number of carbonyl (C=O) groups is 2. The zero-order valence-corrected chi connectivity index (χ0v) is 11.6. The third-order valence-electron chi connectivity index (χ3n) is 3.28. The monoisotopic (exact) mass is 281 g/mol. The first-order valence-corrected chi connectivity index (χ1v) is 7.39. The number of hydrogen-bond acceptors (Lipinski definition) is 4. The van der Waals surface area contributed by atoms with Gasteiger partial charge in [-0.2, -0.15) is 0 Å². The van der Waals surface area contributed by atoms with Crippen LogP contribution in [0.2, 0.25) is 0 Å². The number of primary amides is 1. The van der Waals surface area contributed by atoms with Gasteiger partial charge in [0.1, 0.15) is 5.00 Å². The summed E-state index contributed by atoms with van der Waals surface area (Å²) in [6, 6.07) is 0. The highest BCUT2D eigenvalue weighted by Gasteiger charge is 2.24. The van der Waals surface area contributed by atoms with E-state index in [1.54, 1.807) is 0 Å². The molecule has 5 nitrogen and oxygen atoms in total. The summed E-state index contributed by atoms with van der Waals surface area (Å²) >= 11 is 1.49. The first kappa shape index (κ1) is 14.0. The molecule has 2 amide bonds. The van der Waals surface area contributed by atoms with Crippen LogP contribution in [0.25, 0.3) is 0 Å². The van der Waals surface area contributed by atoms with Gasteiger partial charge in [0, 0.05) is 11.3 Å². The van der Waals surface area contributed by atoms with Crippen LogP contribution in [0.15, 0.2) is 0 Å². The van der Waals surface area contributed by atoms with E-state index in [0.29, 0.717) is 30.0 Å². The summed E-state index contributed by atoms with van der Waals surface area (Å²) in [6.45, 7) is 0.483. The van der Waals surface area contributed by atoms with Crippen LogP contribution in [0.4, 0.5) is 5.00 Å². The van der Waals surface area contributed by atoms with Crippen LogP contribution < -0.4 is 16.8 Å². The van der Waals surface area contributed by atoms with Crippen molar-refractivity contribution in [1.29, 1.82) is 0 Å². The van der Waals surface area contributed by atoms with Crippen LogP contribution in [-0.2, 0) is 17.6 Å². The first-order chi connectivity index (χ1) is 9.13. The number of rotatable bonds is 5. The SMILES string of the molecule is NCCCC(=O)Nc1sc2c(c1C(N)=O)CCCC2. The second kappa shape index (κ2) is 6.16. The Kier molecular flexibility index (Phi) is 4.55. The van der Waals surface area contributed by atoms with E-state index in [4.69, 9.17) is 11.5 Å². The topological polar surface area (TPSA) is 98.2 Å². The summed E-state index contributed by atoms with van der Waals surface area (Å²) in [7, 11) is 0. The Morgan fingerprint density at radius 1 is 1.26 bits per heavy atom. The largest absolute Gasteiger partial charge is 0.365 e. The highest BCUT2D eigenvalue weighted by Crippen LogP contribution is 2.37. The molecule has 6 heteroatoms. The van der Waals surface area contributed by atoms with E-state index in [-0.39, 0.29) is 5.91 Å². The Hall–Kier alpha value is -1.40. The second-order valence-corrected chi connectivity index (χ2v) is 5.82. The van der Waals surface area contributed by atoms with Crippen molar-refractivity contribution in [1.82, 2.24) is 0 Å². The molecule has 0 saturated carbocycles. The van der Waals surface area contributed by atoms with E-state index >= 15 is 0 Å². The van der Waals surface area contributed by atoms with Gasteiger partial charge in [-0.25, -0.2) is 0 Å². The molecule has 2 rings (SSSR count). The number of amides is 2. The van der Waals surface area contributed by atoms with E-state index in [0.717, 1.165) is 31.2 Å². The van der Waals surface area contributed by atoms with Crippen LogP contribution in [0.5, 0.6) is 0 Å². The van der Waals surface area contributed by atoms with Crippen LogP contribution in [0.3, 0.4) is 0 Å². The molecule has 1 aromatic rings. The Balaban J connectivity index is 2.22. The summed E-state index contributed by atoms with van der Waals surface area (Å²) in [5.74, 6) is -0.555. The fourth-order valence-corrected chi connectivity index (χ4v) is 3.68. The highest BCUT2D eigenvalue weighted by atomic mass is 32.1. The van der Waals surface area contributed by atoms with Crippen LogP contribution >= 0.6 is 11.3 Å². The van der Waals surface area contributed by atoms with Gasteiger partial charge in [-0.05, 0) is 44.2 Å². The molecule has 0 atom stereocenters. The molecule has 0 fully saturated rings. The van der Waals surface area contributed by atoms with Gasteiger partial charge in [0.15, 0.2) is 0 Å². The van der Waals surface area contributed by atoms with Gasteiger partial charge in [-0.3, -0.25) is 9.59 Å². The van der Waals surface area contributed by atoms with Crippen molar-refractivity contribution in [2.45, 2.75) is 38.5 Å². The van der Waals surface area contributed by atoms with E-state index in [1.165, 1.54) is 16.2 Å². The van der Waals surface area contributed by atoms with Gasteiger partial charge in [0.25, 0.3) is 5.91 Å². The molecule has 104 valence electrons. The van der Waals surface area contributed by atoms with Gasteiger partial charge in [0.05, 0.1) is 5.56 Å². The molecule has 1 aliphatic carbocycles. The quantitative estimate of drug-likeness (QED) is 0.761. The van der Waals surface area contributed by atoms with Crippen LogP contribution in [0, 0.1) is 0 Å². The maximum absolute atomic E-state index is 11.7. The predicted molar refractivity (Wildman–Crippen MR) is 76.4 cm³/mol. The Bertz CT molecular complexity index is 496. The average Bonchev–Trinajstić information content (AvgIpc) is 2.74. The molecule has 0 aliphatic heterocycles. The number of fused-ring (bicyclic) bond motifs is 1. The normalized spacial score (nSPS) is 13.9. The molecule has 0 bridgehead atoms. The number of carbonyl (C=O) groups excluding carboxylic acids is 2. The minimum Gasteiger partial charge on any atom is -0.365 e. The number of thiophene rings is 1. The molecule has 0 radical (unpaired) electrons. The van der Waals surface area contributed by atoms with E-state index in [9.17, 15) is 9.59 Å². The molecule has 1 heterocycles. The molecule has 0 unspecified atom stereocenters. The number of aryl methyl sites for hydroxylation is 1. The number of nitrogens with two attached hydrogens (primary N) is 2. The molecule has 0 aromatic carbocycles. The molecule has 0 saturated heterocycles. The summed E-state index contributed by atoms with van der Waals surface area (Å²) in [4.78, 5) is 24.5. The Morgan fingerprint density at radius 3 is 2.68 bits per heavy atom. The summed E-state index contributed by atoms with van der Waals surface area (Å²) in [5.41, 5.74) is 12.4. The highest BCUT2D eigenvalue weighted by molar-refractivity contribution is 7.17. The van der Waals surface area contributed by atoms with Crippen molar-refractivity contribution in [3.8, 4) is 0 Å². The van der Waals surface area contributed by atoms with E-state index < -0.39 is 5.91 Å². The molecule has 0 spiro atoms. The summed E-state index contributed by atoms with van der Waals surface area (Å²) in [6.07, 6.45) is 5.07. The van der Waals surface area contributed by atoms with Gasteiger partial charge < -0.3 is 16.8 Å². The van der Waals surface area contributed by atoms with Crippen molar-refractivity contribution < 1.29 is 9.59 Å². The molecule has 19 heavy (non-hydrogen) atoms. The van der Waals surface area contributed by atoms with Gasteiger partial charge in [-0.15, -0.1) is 11.3 Å². The fourth-order valence-electron chi connectivity index (χ4n) is 2.37. The zero-order chi connectivity index (χ0) is 13.8. The lowest BCUT2D eigenvalue weighted by atomic mass is 9.95. The Morgan fingerprint density at radius 2 is 2.00 bits per heavy atom. The van der Waals surface area contributed by atoms with Gasteiger partial charge in [-0.1, -0.05) is 0 Å². The summed E-state index contributed by atoms with van der Waals surface area (Å²) < 4.78 is 0. The molecule has 1 aliphatic rings. The fraction of sp³-hybridized carbons (Fsp3) is 0.538. The van der Waals surface area contributed by atoms with E-state index in [2.05, 4.69) is 5.32 Å². The maximum atomic E-state index is 11.7. The Labute approximate surface area is 116 Å². The smallest absolute Gasteiger partial charge is 0.251 e. The van der Waals surface area contributed by atoms with Crippen molar-refractivity contribution in [2.75, 3.05) is 11.9 Å². The number of hydrogen-bond donors (Lipinski definition) is 3. The second-order valence-electron chi connectivity index (χ2n) is 4.72. The van der Waals surface area contributed by atoms with Crippen LogP contribution in [-0.4, -0.2) is 18.4 Å². The molecular weight excluding hydrogens is 262 g/mol. The molecular formula is C13H19N3O2S. The number of nitrogens with one attached hydrogen (secondary N) is 1. The van der Waals surface area contributed by atoms with Gasteiger partial charge >= 0.3 is 0 Å². The first-order valence-electron chi connectivity index (χ1n) is 6.57. The third-order valence-corrected chi connectivity index (χ3v) is 4.49. The minimum atomic E-state index is -0.450. The van der Waals surface area contributed by atoms with Crippen molar-refractivity contribution in [2.24, 2.45) is 11.5 Å². The van der Waals surface area contributed by atoms with Crippen molar-refractivity contribution in [3.63, 3.8) is 0 Å². The lowest BCUT2D eigenvalue weighted by Gasteiger charge is -2.11.